The molecular weight excluding hydrogens is 262 g/mol. The number of nitrogens with zero attached hydrogens (tertiary/aromatic N) is 2. The molecule has 1 fully saturated rings. The van der Waals surface area contributed by atoms with Crippen LogP contribution in [0.2, 0.25) is 0 Å². The minimum atomic E-state index is 0.499. The van der Waals surface area contributed by atoms with Crippen LogP contribution in [-0.2, 0) is 11.3 Å². The summed E-state index contributed by atoms with van der Waals surface area (Å²) in [6.07, 6.45) is 2.45. The molecule has 4 nitrogen and oxygen atoms in total. The summed E-state index contributed by atoms with van der Waals surface area (Å²) < 4.78 is 5.57. The molecule has 0 amide bonds. The van der Waals surface area contributed by atoms with Crippen molar-refractivity contribution < 1.29 is 4.74 Å². The van der Waals surface area contributed by atoms with Crippen LogP contribution in [-0.4, -0.2) is 37.8 Å². The minimum Gasteiger partial charge on any atom is -0.381 e. The highest BCUT2D eigenvalue weighted by atomic mass is 16.5. The molecule has 0 saturated carbocycles. The third kappa shape index (κ3) is 5.29. The minimum absolute atomic E-state index is 0.499. The molecule has 0 spiro atoms. The smallest absolute Gasteiger partial charge is 0.128 e. The van der Waals surface area contributed by atoms with Gasteiger partial charge in [-0.1, -0.05) is 13.8 Å². The average molecular weight is 291 g/mol. The molecule has 2 rings (SSSR count). The Bertz CT molecular complexity index is 442. The number of ether oxygens (including phenoxy) is 1. The van der Waals surface area contributed by atoms with E-state index in [1.807, 2.05) is 0 Å². The fourth-order valence-corrected chi connectivity index (χ4v) is 2.77. The lowest BCUT2D eigenvalue weighted by Crippen LogP contribution is -2.31. The van der Waals surface area contributed by atoms with Gasteiger partial charge in [-0.25, -0.2) is 4.98 Å². The zero-order chi connectivity index (χ0) is 15.2. The van der Waals surface area contributed by atoms with E-state index in [-0.39, 0.29) is 0 Å². The first kappa shape index (κ1) is 16.2. The lowest BCUT2D eigenvalue weighted by atomic mass is 10.0. The van der Waals surface area contributed by atoms with Crippen molar-refractivity contribution in [1.82, 2.24) is 10.3 Å². The standard InChI is InChI=1S/C17H29N3O/c1-13(2)18-10-16-8-14(3)19-17(9-16)20(4)11-15-6-5-7-21-12-15/h8-9,13,15,18H,5-7,10-12H2,1-4H3. The Balaban J connectivity index is 1.99. The van der Waals surface area contributed by atoms with Crippen LogP contribution in [0.5, 0.6) is 0 Å². The second-order valence-corrected chi connectivity index (χ2v) is 6.47. The van der Waals surface area contributed by atoms with Crippen LogP contribution in [0.1, 0.15) is 37.9 Å². The van der Waals surface area contributed by atoms with Gasteiger partial charge in [0.15, 0.2) is 0 Å². The Morgan fingerprint density at radius 1 is 1.43 bits per heavy atom. The van der Waals surface area contributed by atoms with E-state index in [9.17, 15) is 0 Å². The van der Waals surface area contributed by atoms with Crippen LogP contribution in [0.3, 0.4) is 0 Å². The molecule has 1 saturated heterocycles. The van der Waals surface area contributed by atoms with Crippen molar-refractivity contribution in [2.75, 3.05) is 31.7 Å². The lowest BCUT2D eigenvalue weighted by Gasteiger charge is -2.28. The van der Waals surface area contributed by atoms with Crippen LogP contribution >= 0.6 is 0 Å². The molecule has 1 aliphatic heterocycles. The first-order valence-corrected chi connectivity index (χ1v) is 8.04. The molecule has 1 atom stereocenters. The quantitative estimate of drug-likeness (QED) is 0.874. The van der Waals surface area contributed by atoms with Gasteiger partial charge in [0.05, 0.1) is 6.61 Å². The topological polar surface area (TPSA) is 37.4 Å². The predicted octanol–water partition coefficient (Wildman–Crippen LogP) is 2.75. The molecule has 0 aromatic carbocycles. The fourth-order valence-electron chi connectivity index (χ4n) is 2.77. The van der Waals surface area contributed by atoms with E-state index in [2.05, 4.69) is 55.2 Å². The van der Waals surface area contributed by atoms with E-state index in [1.165, 1.54) is 18.4 Å². The lowest BCUT2D eigenvalue weighted by molar-refractivity contribution is 0.0576. The van der Waals surface area contributed by atoms with Gasteiger partial charge in [0.2, 0.25) is 0 Å². The van der Waals surface area contributed by atoms with Gasteiger partial charge in [-0.2, -0.15) is 0 Å². The van der Waals surface area contributed by atoms with Crippen LogP contribution in [0, 0.1) is 12.8 Å². The Hall–Kier alpha value is -1.13. The third-order valence-corrected chi connectivity index (χ3v) is 3.89. The zero-order valence-electron chi connectivity index (χ0n) is 13.9. The van der Waals surface area contributed by atoms with Gasteiger partial charge in [0, 0.05) is 38.5 Å². The molecule has 1 aromatic rings. The number of hydrogen-bond donors (Lipinski definition) is 1. The van der Waals surface area contributed by atoms with Crippen molar-refractivity contribution in [3.05, 3.63) is 23.4 Å². The number of anilines is 1. The highest BCUT2D eigenvalue weighted by molar-refractivity contribution is 5.42. The number of hydrogen-bond acceptors (Lipinski definition) is 4. The molecular formula is C17H29N3O. The van der Waals surface area contributed by atoms with Gasteiger partial charge in [-0.15, -0.1) is 0 Å². The molecule has 0 radical (unpaired) electrons. The summed E-state index contributed by atoms with van der Waals surface area (Å²) in [5, 5.41) is 3.47. The van der Waals surface area contributed by atoms with Crippen molar-refractivity contribution in [2.24, 2.45) is 5.92 Å². The largest absolute Gasteiger partial charge is 0.381 e. The molecule has 1 aliphatic rings. The van der Waals surface area contributed by atoms with Crippen molar-refractivity contribution in [2.45, 2.75) is 46.2 Å². The van der Waals surface area contributed by atoms with Crippen molar-refractivity contribution in [3.63, 3.8) is 0 Å². The van der Waals surface area contributed by atoms with Crippen LogP contribution < -0.4 is 10.2 Å². The molecule has 1 unspecified atom stereocenters. The van der Waals surface area contributed by atoms with E-state index in [1.54, 1.807) is 0 Å². The maximum atomic E-state index is 5.57. The highest BCUT2D eigenvalue weighted by Crippen LogP contribution is 2.19. The summed E-state index contributed by atoms with van der Waals surface area (Å²) in [7, 11) is 2.13. The number of aryl methyl sites for hydroxylation is 1. The number of aromatic nitrogens is 1. The number of rotatable bonds is 6. The van der Waals surface area contributed by atoms with Crippen LogP contribution in [0.15, 0.2) is 12.1 Å². The summed E-state index contributed by atoms with van der Waals surface area (Å²) in [6, 6.07) is 4.86. The third-order valence-electron chi connectivity index (χ3n) is 3.89. The molecule has 1 aromatic heterocycles. The molecule has 118 valence electrons. The Morgan fingerprint density at radius 3 is 2.90 bits per heavy atom. The maximum Gasteiger partial charge on any atom is 0.128 e. The van der Waals surface area contributed by atoms with Gasteiger partial charge in [-0.05, 0) is 43.4 Å². The molecule has 2 heterocycles. The predicted molar refractivity (Wildman–Crippen MR) is 87.8 cm³/mol. The van der Waals surface area contributed by atoms with Gasteiger partial charge in [0.25, 0.3) is 0 Å². The monoisotopic (exact) mass is 291 g/mol. The first-order chi connectivity index (χ1) is 10.0. The summed E-state index contributed by atoms with van der Waals surface area (Å²) in [4.78, 5) is 6.95. The SMILES string of the molecule is Cc1cc(CNC(C)C)cc(N(C)CC2CCCOC2)n1. The van der Waals surface area contributed by atoms with Crippen LogP contribution in [0.4, 0.5) is 5.82 Å². The second kappa shape index (κ2) is 7.76. The summed E-state index contributed by atoms with van der Waals surface area (Å²) in [5.41, 5.74) is 2.39. The Kier molecular flexibility index (Phi) is 6.00. The van der Waals surface area contributed by atoms with E-state index in [0.29, 0.717) is 12.0 Å². The average Bonchev–Trinajstić information content (AvgIpc) is 2.45. The van der Waals surface area contributed by atoms with Crippen LogP contribution in [0.25, 0.3) is 0 Å². The van der Waals surface area contributed by atoms with Crippen molar-refractivity contribution >= 4 is 5.82 Å². The molecule has 21 heavy (non-hydrogen) atoms. The molecule has 4 heteroatoms. The van der Waals surface area contributed by atoms with Crippen molar-refractivity contribution in [1.29, 1.82) is 0 Å². The summed E-state index contributed by atoms with van der Waals surface area (Å²) in [6.45, 7) is 10.1. The molecule has 0 aliphatic carbocycles. The van der Waals surface area contributed by atoms with E-state index < -0.39 is 0 Å². The van der Waals surface area contributed by atoms with Gasteiger partial charge < -0.3 is 15.0 Å². The van der Waals surface area contributed by atoms with Crippen molar-refractivity contribution in [3.8, 4) is 0 Å². The highest BCUT2D eigenvalue weighted by Gasteiger charge is 2.17. The summed E-state index contributed by atoms with van der Waals surface area (Å²) in [5.74, 6) is 1.70. The fraction of sp³-hybridized carbons (Fsp3) is 0.706. The normalized spacial score (nSPS) is 19.0. The van der Waals surface area contributed by atoms with Gasteiger partial charge in [0.1, 0.15) is 5.82 Å². The molecule has 0 bridgehead atoms. The molecule has 1 N–H and O–H groups in total. The first-order valence-electron chi connectivity index (χ1n) is 8.04. The Morgan fingerprint density at radius 2 is 2.24 bits per heavy atom. The second-order valence-electron chi connectivity index (χ2n) is 6.47. The van der Waals surface area contributed by atoms with E-state index >= 15 is 0 Å². The maximum absolute atomic E-state index is 5.57. The van der Waals surface area contributed by atoms with E-state index in [0.717, 1.165) is 37.8 Å². The zero-order valence-corrected chi connectivity index (χ0v) is 13.9. The Labute approximate surface area is 128 Å². The van der Waals surface area contributed by atoms with Gasteiger partial charge >= 0.3 is 0 Å². The van der Waals surface area contributed by atoms with Gasteiger partial charge in [-0.3, -0.25) is 0 Å². The summed E-state index contributed by atoms with van der Waals surface area (Å²) >= 11 is 0. The van der Waals surface area contributed by atoms with E-state index in [4.69, 9.17) is 4.74 Å². The number of pyridine rings is 1. The number of nitrogens with one attached hydrogen (secondary N) is 1.